The molecule has 1 heterocycles. The standard InChI is InChI=1S/C11H6ClF3N2/c1-17-9-4-6(12)2-3-7(9)8(5-16)10(17)11(13,14)15/h2-4H,1H3. The van der Waals surface area contributed by atoms with E-state index < -0.39 is 11.9 Å². The number of hydrogen-bond acceptors (Lipinski definition) is 1. The molecule has 0 atom stereocenters. The Morgan fingerprint density at radius 3 is 2.53 bits per heavy atom. The van der Waals surface area contributed by atoms with Crippen molar-refractivity contribution in [3.8, 4) is 6.07 Å². The zero-order chi connectivity index (χ0) is 12.8. The van der Waals surface area contributed by atoms with Gasteiger partial charge in [-0.3, -0.25) is 0 Å². The van der Waals surface area contributed by atoms with E-state index in [1.54, 1.807) is 6.07 Å². The molecule has 2 aromatic rings. The number of aryl methyl sites for hydroxylation is 1. The minimum absolute atomic E-state index is 0.256. The van der Waals surface area contributed by atoms with Gasteiger partial charge in [-0.1, -0.05) is 11.6 Å². The van der Waals surface area contributed by atoms with Gasteiger partial charge in [-0.15, -0.1) is 0 Å². The van der Waals surface area contributed by atoms with Gasteiger partial charge in [0.1, 0.15) is 11.8 Å². The Labute approximate surface area is 99.8 Å². The van der Waals surface area contributed by atoms with Crippen LogP contribution in [0.25, 0.3) is 10.9 Å². The fourth-order valence-corrected chi connectivity index (χ4v) is 2.02. The largest absolute Gasteiger partial charge is 0.432 e. The van der Waals surface area contributed by atoms with Crippen molar-refractivity contribution in [1.82, 2.24) is 4.57 Å². The normalized spacial score (nSPS) is 11.8. The van der Waals surface area contributed by atoms with Crippen molar-refractivity contribution in [2.75, 3.05) is 0 Å². The summed E-state index contributed by atoms with van der Waals surface area (Å²) in [5.41, 5.74) is -1.02. The van der Waals surface area contributed by atoms with Gasteiger partial charge < -0.3 is 4.57 Å². The maximum atomic E-state index is 12.8. The molecule has 0 aliphatic rings. The van der Waals surface area contributed by atoms with Crippen LogP contribution >= 0.6 is 11.6 Å². The Kier molecular flexibility index (Phi) is 2.55. The highest BCUT2D eigenvalue weighted by molar-refractivity contribution is 6.31. The monoisotopic (exact) mass is 258 g/mol. The molecule has 88 valence electrons. The van der Waals surface area contributed by atoms with E-state index in [0.717, 1.165) is 4.57 Å². The van der Waals surface area contributed by atoms with Gasteiger partial charge in [0, 0.05) is 17.5 Å². The molecule has 0 amide bonds. The van der Waals surface area contributed by atoms with E-state index in [9.17, 15) is 13.2 Å². The summed E-state index contributed by atoms with van der Waals surface area (Å²) in [6.45, 7) is 0. The molecule has 17 heavy (non-hydrogen) atoms. The van der Waals surface area contributed by atoms with Crippen LogP contribution in [0.1, 0.15) is 11.3 Å². The molecule has 0 spiro atoms. The molecule has 1 aromatic carbocycles. The first-order chi connectivity index (χ1) is 7.86. The van der Waals surface area contributed by atoms with E-state index in [-0.39, 0.29) is 10.9 Å². The smallest absolute Gasteiger partial charge is 0.339 e. The molecule has 0 aliphatic heterocycles. The van der Waals surface area contributed by atoms with Crippen LogP contribution in [0.4, 0.5) is 13.2 Å². The number of hydrogen-bond donors (Lipinski definition) is 0. The van der Waals surface area contributed by atoms with Gasteiger partial charge in [0.25, 0.3) is 0 Å². The number of nitriles is 1. The lowest BCUT2D eigenvalue weighted by Gasteiger charge is -2.08. The van der Waals surface area contributed by atoms with Gasteiger partial charge in [-0.25, -0.2) is 0 Å². The fourth-order valence-electron chi connectivity index (χ4n) is 1.85. The minimum Gasteiger partial charge on any atom is -0.339 e. The molecule has 0 aliphatic carbocycles. The molecule has 1 aromatic heterocycles. The molecule has 0 N–H and O–H groups in total. The molecule has 0 fully saturated rings. The summed E-state index contributed by atoms with van der Waals surface area (Å²) in [6.07, 6.45) is -4.56. The average molecular weight is 259 g/mol. The third-order valence-corrected chi connectivity index (χ3v) is 2.78. The summed E-state index contributed by atoms with van der Waals surface area (Å²) in [7, 11) is 1.27. The highest BCUT2D eigenvalue weighted by Gasteiger charge is 2.38. The van der Waals surface area contributed by atoms with Gasteiger partial charge in [0.15, 0.2) is 0 Å². The molecule has 6 heteroatoms. The maximum Gasteiger partial charge on any atom is 0.432 e. The first kappa shape index (κ1) is 11.8. The second kappa shape index (κ2) is 3.67. The Bertz CT molecular complexity index is 635. The highest BCUT2D eigenvalue weighted by atomic mass is 35.5. The number of nitrogens with zero attached hydrogens (tertiary/aromatic N) is 2. The quantitative estimate of drug-likeness (QED) is 0.708. The van der Waals surface area contributed by atoms with Crippen molar-refractivity contribution < 1.29 is 13.2 Å². The van der Waals surface area contributed by atoms with Gasteiger partial charge in [0.2, 0.25) is 0 Å². The summed E-state index contributed by atoms with van der Waals surface area (Å²) in [5, 5.41) is 9.45. The zero-order valence-electron chi connectivity index (χ0n) is 8.64. The lowest BCUT2D eigenvalue weighted by Crippen LogP contribution is -2.12. The molecule has 0 bridgehead atoms. The van der Waals surface area contributed by atoms with Crippen molar-refractivity contribution in [2.45, 2.75) is 6.18 Å². The number of rotatable bonds is 0. The van der Waals surface area contributed by atoms with Crippen LogP contribution in [0.3, 0.4) is 0 Å². The molecular weight excluding hydrogens is 253 g/mol. The lowest BCUT2D eigenvalue weighted by molar-refractivity contribution is -0.143. The van der Waals surface area contributed by atoms with E-state index >= 15 is 0 Å². The molecule has 2 rings (SSSR count). The van der Waals surface area contributed by atoms with Crippen LogP contribution in [-0.4, -0.2) is 4.57 Å². The predicted molar refractivity (Wildman–Crippen MR) is 57.6 cm³/mol. The Hall–Kier alpha value is -1.67. The Morgan fingerprint density at radius 1 is 1.35 bits per heavy atom. The SMILES string of the molecule is Cn1c(C(F)(F)F)c(C#N)c2ccc(Cl)cc21. The third kappa shape index (κ3) is 1.75. The summed E-state index contributed by atoms with van der Waals surface area (Å²) >= 11 is 5.73. The maximum absolute atomic E-state index is 12.8. The Morgan fingerprint density at radius 2 is 2.00 bits per heavy atom. The van der Waals surface area contributed by atoms with Crippen molar-refractivity contribution in [2.24, 2.45) is 7.05 Å². The van der Waals surface area contributed by atoms with Crippen LogP contribution in [0.15, 0.2) is 18.2 Å². The van der Waals surface area contributed by atoms with E-state index in [1.807, 2.05) is 0 Å². The molecule has 2 nitrogen and oxygen atoms in total. The third-order valence-electron chi connectivity index (χ3n) is 2.54. The predicted octanol–water partition coefficient (Wildman–Crippen LogP) is 3.72. The Balaban J connectivity index is 2.95. The first-order valence-corrected chi connectivity index (χ1v) is 4.99. The zero-order valence-corrected chi connectivity index (χ0v) is 9.39. The van der Waals surface area contributed by atoms with Crippen LogP contribution in [0.5, 0.6) is 0 Å². The number of aromatic nitrogens is 1. The highest BCUT2D eigenvalue weighted by Crippen LogP contribution is 2.37. The molecule has 0 unspecified atom stereocenters. The number of fused-ring (bicyclic) bond motifs is 1. The van der Waals surface area contributed by atoms with Crippen LogP contribution in [-0.2, 0) is 13.2 Å². The number of benzene rings is 1. The van der Waals surface area contributed by atoms with E-state index in [0.29, 0.717) is 10.5 Å². The number of halogens is 4. The van der Waals surface area contributed by atoms with Gasteiger partial charge >= 0.3 is 6.18 Å². The second-order valence-corrected chi connectivity index (χ2v) is 3.99. The second-order valence-electron chi connectivity index (χ2n) is 3.55. The van der Waals surface area contributed by atoms with Crippen LogP contribution in [0.2, 0.25) is 5.02 Å². The first-order valence-electron chi connectivity index (χ1n) is 4.61. The van der Waals surface area contributed by atoms with Crippen molar-refractivity contribution in [3.63, 3.8) is 0 Å². The van der Waals surface area contributed by atoms with Crippen LogP contribution < -0.4 is 0 Å². The summed E-state index contributed by atoms with van der Waals surface area (Å²) in [6, 6.07) is 5.90. The molecular formula is C11H6ClF3N2. The molecule has 0 saturated carbocycles. The van der Waals surface area contributed by atoms with Crippen molar-refractivity contribution >= 4 is 22.5 Å². The van der Waals surface area contributed by atoms with Crippen molar-refractivity contribution in [3.05, 3.63) is 34.5 Å². The topological polar surface area (TPSA) is 28.7 Å². The average Bonchev–Trinajstić information content (AvgIpc) is 2.51. The van der Waals surface area contributed by atoms with E-state index in [4.69, 9.17) is 16.9 Å². The van der Waals surface area contributed by atoms with Crippen LogP contribution in [0, 0.1) is 11.3 Å². The van der Waals surface area contributed by atoms with E-state index in [1.165, 1.54) is 25.2 Å². The van der Waals surface area contributed by atoms with Gasteiger partial charge in [-0.05, 0) is 18.2 Å². The fraction of sp³-hybridized carbons (Fsp3) is 0.182. The lowest BCUT2D eigenvalue weighted by atomic mass is 10.1. The van der Waals surface area contributed by atoms with Crippen molar-refractivity contribution in [1.29, 1.82) is 5.26 Å². The van der Waals surface area contributed by atoms with E-state index in [2.05, 4.69) is 0 Å². The van der Waals surface area contributed by atoms with Gasteiger partial charge in [-0.2, -0.15) is 18.4 Å². The number of alkyl halides is 3. The summed E-state index contributed by atoms with van der Waals surface area (Å²) in [5.74, 6) is 0. The molecule has 0 saturated heterocycles. The summed E-state index contributed by atoms with van der Waals surface area (Å²) in [4.78, 5) is 0. The summed E-state index contributed by atoms with van der Waals surface area (Å²) < 4.78 is 39.4. The molecule has 0 radical (unpaired) electrons. The van der Waals surface area contributed by atoms with Gasteiger partial charge in [0.05, 0.1) is 11.1 Å². The minimum atomic E-state index is -4.56.